The molecule has 1 unspecified atom stereocenters. The Balaban J connectivity index is 1.44. The normalized spacial score (nSPS) is 19.4. The van der Waals surface area contributed by atoms with Crippen molar-refractivity contribution in [2.75, 3.05) is 18.6 Å². The number of aliphatic imine (C=N–C) groups is 1. The maximum Gasteiger partial charge on any atom is 0.291 e. The molecule has 0 bridgehead atoms. The van der Waals surface area contributed by atoms with E-state index in [4.69, 9.17) is 4.74 Å². The first-order chi connectivity index (χ1) is 16.2. The van der Waals surface area contributed by atoms with Gasteiger partial charge in [0.05, 0.1) is 5.69 Å². The lowest BCUT2D eigenvalue weighted by atomic mass is 10.1. The number of benzene rings is 2. The summed E-state index contributed by atoms with van der Waals surface area (Å²) in [6.07, 6.45) is 0.0972. The van der Waals surface area contributed by atoms with Crippen LogP contribution in [0, 0.1) is 11.5 Å². The molecule has 2 aliphatic heterocycles. The number of likely N-dealkylation sites (N-methyl/N-ethyl adjacent to an activating group) is 1. The highest BCUT2D eigenvalue weighted by Crippen LogP contribution is 2.31. The molecule has 0 fully saturated rings. The number of carbonyl (C=O) groups is 2. The van der Waals surface area contributed by atoms with Gasteiger partial charge in [0.15, 0.2) is 6.17 Å². The van der Waals surface area contributed by atoms with E-state index in [1.54, 1.807) is 13.1 Å². The van der Waals surface area contributed by atoms with Crippen molar-refractivity contribution in [2.24, 2.45) is 15.2 Å². The minimum Gasteiger partial charge on any atom is -0.489 e. The zero-order chi connectivity index (χ0) is 24.3. The van der Waals surface area contributed by atoms with Gasteiger partial charge in [0.25, 0.3) is 11.8 Å². The first kappa shape index (κ1) is 23.4. The molecular weight excluding hydrogens is 446 g/mol. The van der Waals surface area contributed by atoms with Crippen LogP contribution in [0.4, 0.5) is 5.69 Å². The number of hydrogen-bond acceptors (Lipinski definition) is 6. The van der Waals surface area contributed by atoms with Crippen LogP contribution in [0.3, 0.4) is 0 Å². The van der Waals surface area contributed by atoms with Crippen molar-refractivity contribution in [3.05, 3.63) is 59.7 Å². The molecular formula is C25H27N5O3Si. The highest BCUT2D eigenvalue weighted by molar-refractivity contribution is 6.83. The number of anilines is 1. The van der Waals surface area contributed by atoms with Crippen molar-refractivity contribution in [1.82, 2.24) is 5.32 Å². The quantitative estimate of drug-likeness (QED) is 0.546. The summed E-state index contributed by atoms with van der Waals surface area (Å²) in [6.45, 7) is 6.52. The zero-order valence-corrected chi connectivity index (χ0v) is 20.7. The van der Waals surface area contributed by atoms with Gasteiger partial charge < -0.3 is 15.0 Å². The van der Waals surface area contributed by atoms with Gasteiger partial charge in [-0.2, -0.15) is 5.11 Å². The van der Waals surface area contributed by atoms with Gasteiger partial charge in [-0.05, 0) is 23.8 Å². The molecule has 0 spiro atoms. The maximum atomic E-state index is 13.1. The minimum atomic E-state index is -1.53. The molecule has 8 nitrogen and oxygen atoms in total. The fourth-order valence-electron chi connectivity index (χ4n) is 3.49. The van der Waals surface area contributed by atoms with Crippen LogP contribution in [0.15, 0.2) is 63.8 Å². The second kappa shape index (κ2) is 9.61. The lowest BCUT2D eigenvalue weighted by molar-refractivity contribution is -0.124. The first-order valence-corrected chi connectivity index (χ1v) is 14.6. The number of ether oxygens (including phenoxy) is 1. The molecule has 2 aromatic rings. The van der Waals surface area contributed by atoms with Crippen molar-refractivity contribution < 1.29 is 14.3 Å². The molecule has 0 saturated carbocycles. The van der Waals surface area contributed by atoms with Crippen LogP contribution in [-0.4, -0.2) is 51.6 Å². The number of azo groups is 1. The summed E-state index contributed by atoms with van der Waals surface area (Å²) in [5.74, 6) is 2.88. The molecule has 9 heteroatoms. The van der Waals surface area contributed by atoms with Crippen LogP contribution in [0.2, 0.25) is 19.6 Å². The smallest absolute Gasteiger partial charge is 0.291 e. The average Bonchev–Trinajstić information content (AvgIpc) is 3.24. The van der Waals surface area contributed by atoms with Gasteiger partial charge in [-0.1, -0.05) is 55.9 Å². The van der Waals surface area contributed by atoms with E-state index < -0.39 is 26.2 Å². The van der Waals surface area contributed by atoms with E-state index in [1.807, 2.05) is 42.5 Å². The number of fused-ring (bicyclic) bond motifs is 1. The Hall–Kier alpha value is -3.77. The molecule has 1 N–H and O–H groups in total. The molecule has 2 atom stereocenters. The second-order valence-electron chi connectivity index (χ2n) is 9.26. The van der Waals surface area contributed by atoms with Crippen molar-refractivity contribution in [2.45, 2.75) is 38.3 Å². The first-order valence-electron chi connectivity index (χ1n) is 11.1. The number of rotatable bonds is 4. The molecule has 2 amide bonds. The largest absolute Gasteiger partial charge is 0.489 e. The molecule has 0 aliphatic carbocycles. The van der Waals surface area contributed by atoms with E-state index in [9.17, 15) is 9.59 Å². The van der Waals surface area contributed by atoms with Gasteiger partial charge in [-0.25, -0.2) is 4.99 Å². The van der Waals surface area contributed by atoms with Gasteiger partial charge in [-0.15, -0.1) is 10.7 Å². The van der Waals surface area contributed by atoms with Crippen molar-refractivity contribution >= 4 is 31.4 Å². The fraction of sp³-hybridized carbons (Fsp3) is 0.320. The maximum absolute atomic E-state index is 13.1. The van der Waals surface area contributed by atoms with E-state index in [1.165, 1.54) is 4.90 Å². The van der Waals surface area contributed by atoms with E-state index in [2.05, 4.69) is 51.6 Å². The Kier molecular flexibility index (Phi) is 6.61. The molecule has 0 radical (unpaired) electrons. The molecule has 0 aromatic heterocycles. The van der Waals surface area contributed by atoms with Crippen LogP contribution in [0.25, 0.3) is 0 Å². The van der Waals surface area contributed by atoms with E-state index in [0.717, 1.165) is 11.1 Å². The van der Waals surface area contributed by atoms with Gasteiger partial charge in [0.2, 0.25) is 5.84 Å². The molecule has 2 aliphatic rings. The third-order valence-corrected chi connectivity index (χ3v) is 6.14. The predicted molar refractivity (Wildman–Crippen MR) is 134 cm³/mol. The number of hydrogen-bond donors (Lipinski definition) is 1. The Morgan fingerprint density at radius 3 is 2.71 bits per heavy atom. The highest BCUT2D eigenvalue weighted by atomic mass is 28.3. The summed E-state index contributed by atoms with van der Waals surface area (Å²) in [6, 6.07) is 14.4. The van der Waals surface area contributed by atoms with Gasteiger partial charge >= 0.3 is 0 Å². The third kappa shape index (κ3) is 5.58. The SMILES string of the molecule is CN1C(=O)[C@@H](NC(=O)C2=NC(Cc3ccccc3)N=N2)COc2ccc(C#C[Si](C)(C)C)cc21. The standard InChI is InChI=1S/C25H27N5O3Si/c1-30-20-14-18(12-13-34(2,3)4)10-11-21(20)33-16-19(25(30)32)26-24(31)23-27-22(28-29-23)15-17-8-6-5-7-9-17/h5-11,14,19,22H,15-16H2,1-4H3,(H,26,31)/t19-,22?/m0/s1. The number of nitrogens with one attached hydrogen (secondary N) is 1. The van der Waals surface area contributed by atoms with Gasteiger partial charge in [0, 0.05) is 19.0 Å². The lowest BCUT2D eigenvalue weighted by Crippen LogP contribution is -2.50. The van der Waals surface area contributed by atoms with E-state index >= 15 is 0 Å². The highest BCUT2D eigenvalue weighted by Gasteiger charge is 2.32. The number of amidine groups is 1. The number of nitrogens with zero attached hydrogens (tertiary/aromatic N) is 4. The van der Waals surface area contributed by atoms with E-state index in [0.29, 0.717) is 17.9 Å². The van der Waals surface area contributed by atoms with Gasteiger partial charge in [0.1, 0.15) is 26.5 Å². The molecule has 2 heterocycles. The van der Waals surface area contributed by atoms with Crippen LogP contribution < -0.4 is 15.0 Å². The Labute approximate surface area is 200 Å². The lowest BCUT2D eigenvalue weighted by Gasteiger charge is -2.20. The number of carbonyl (C=O) groups excluding carboxylic acids is 2. The Bertz CT molecular complexity index is 1220. The Morgan fingerprint density at radius 1 is 1.21 bits per heavy atom. The summed E-state index contributed by atoms with van der Waals surface area (Å²) in [5, 5.41) is 10.7. The van der Waals surface area contributed by atoms with Crippen molar-refractivity contribution in [3.8, 4) is 17.2 Å². The topological polar surface area (TPSA) is 95.7 Å². The van der Waals surface area contributed by atoms with Crippen LogP contribution in [0.5, 0.6) is 5.75 Å². The van der Waals surface area contributed by atoms with Crippen LogP contribution in [-0.2, 0) is 16.0 Å². The summed E-state index contributed by atoms with van der Waals surface area (Å²) in [5.41, 5.74) is 5.81. The molecule has 34 heavy (non-hydrogen) atoms. The molecule has 174 valence electrons. The van der Waals surface area contributed by atoms with Gasteiger partial charge in [-0.3, -0.25) is 9.59 Å². The third-order valence-electron chi connectivity index (χ3n) is 5.26. The number of amides is 2. The van der Waals surface area contributed by atoms with Crippen molar-refractivity contribution in [1.29, 1.82) is 0 Å². The molecule has 2 aromatic carbocycles. The fourth-order valence-corrected chi connectivity index (χ4v) is 4.01. The van der Waals surface area contributed by atoms with Crippen molar-refractivity contribution in [3.63, 3.8) is 0 Å². The molecule has 4 rings (SSSR count). The van der Waals surface area contributed by atoms with E-state index in [-0.39, 0.29) is 18.3 Å². The monoisotopic (exact) mass is 473 g/mol. The summed E-state index contributed by atoms with van der Waals surface area (Å²) in [4.78, 5) is 31.6. The second-order valence-corrected chi connectivity index (χ2v) is 14.0. The Morgan fingerprint density at radius 2 is 1.97 bits per heavy atom. The summed E-state index contributed by atoms with van der Waals surface area (Å²) < 4.78 is 5.86. The van der Waals surface area contributed by atoms with Crippen LogP contribution >= 0.6 is 0 Å². The summed E-state index contributed by atoms with van der Waals surface area (Å²) >= 11 is 0. The zero-order valence-electron chi connectivity index (χ0n) is 19.7. The summed E-state index contributed by atoms with van der Waals surface area (Å²) in [7, 11) is 0.126. The minimum absolute atomic E-state index is 0.000288. The molecule has 0 saturated heterocycles. The van der Waals surface area contributed by atoms with Crippen LogP contribution in [0.1, 0.15) is 11.1 Å². The average molecular weight is 474 g/mol. The predicted octanol–water partition coefficient (Wildman–Crippen LogP) is 3.19.